The quantitative estimate of drug-likeness (QED) is 0.637. The lowest BCUT2D eigenvalue weighted by Crippen LogP contribution is -2.50. The Morgan fingerprint density at radius 3 is 2.60 bits per heavy atom. The molecule has 20 heavy (non-hydrogen) atoms. The second-order valence-corrected chi connectivity index (χ2v) is 5.01. The van der Waals surface area contributed by atoms with Gasteiger partial charge >= 0.3 is 6.09 Å². The van der Waals surface area contributed by atoms with Crippen LogP contribution in [0.15, 0.2) is 0 Å². The molecule has 2 rings (SSSR count). The molecule has 0 radical (unpaired) electrons. The molecule has 0 unspecified atom stereocenters. The molecule has 0 aromatic carbocycles. The Labute approximate surface area is 117 Å². The molecule has 0 aliphatic carbocycles. The molecular formula is C12H20N4O4. The van der Waals surface area contributed by atoms with Gasteiger partial charge in [-0.2, -0.15) is 0 Å². The summed E-state index contributed by atoms with van der Waals surface area (Å²) in [5.74, 6) is -0.812. The number of rotatable bonds is 5. The van der Waals surface area contributed by atoms with Crippen LogP contribution in [0.25, 0.3) is 0 Å². The summed E-state index contributed by atoms with van der Waals surface area (Å²) in [6, 6.07) is 0.131. The monoisotopic (exact) mass is 284 g/mol. The fourth-order valence-electron chi connectivity index (χ4n) is 2.57. The SMILES string of the molecule is NC(=O)CN(CC(=O)N1CCOC1=O)C1CCNCC1. The molecule has 2 saturated heterocycles. The summed E-state index contributed by atoms with van der Waals surface area (Å²) in [6.07, 6.45) is 1.09. The summed E-state index contributed by atoms with van der Waals surface area (Å²) in [5.41, 5.74) is 5.24. The second kappa shape index (κ2) is 6.67. The number of cyclic esters (lactones) is 1. The van der Waals surface area contributed by atoms with Crippen molar-refractivity contribution < 1.29 is 19.1 Å². The first-order chi connectivity index (χ1) is 9.58. The number of nitrogens with two attached hydrogens (primary N) is 1. The molecule has 0 aromatic rings. The van der Waals surface area contributed by atoms with E-state index in [9.17, 15) is 14.4 Å². The molecule has 2 aliphatic heterocycles. The van der Waals surface area contributed by atoms with E-state index < -0.39 is 12.0 Å². The maximum atomic E-state index is 12.1. The molecule has 2 aliphatic rings. The minimum Gasteiger partial charge on any atom is -0.447 e. The molecule has 3 N–H and O–H groups in total. The van der Waals surface area contributed by atoms with E-state index in [-0.39, 0.29) is 38.2 Å². The number of ether oxygens (including phenoxy) is 1. The van der Waals surface area contributed by atoms with E-state index in [2.05, 4.69) is 5.32 Å². The molecular weight excluding hydrogens is 264 g/mol. The van der Waals surface area contributed by atoms with Crippen LogP contribution in [0, 0.1) is 0 Å². The van der Waals surface area contributed by atoms with Crippen LogP contribution in [0.2, 0.25) is 0 Å². The van der Waals surface area contributed by atoms with Crippen LogP contribution in [0.4, 0.5) is 4.79 Å². The Morgan fingerprint density at radius 1 is 1.35 bits per heavy atom. The lowest BCUT2D eigenvalue weighted by molar-refractivity contribution is -0.130. The Balaban J connectivity index is 1.97. The molecule has 0 saturated carbocycles. The van der Waals surface area contributed by atoms with Gasteiger partial charge in [-0.1, -0.05) is 0 Å². The van der Waals surface area contributed by atoms with Crippen molar-refractivity contribution >= 4 is 17.9 Å². The van der Waals surface area contributed by atoms with Gasteiger partial charge in [-0.25, -0.2) is 9.69 Å². The predicted molar refractivity (Wildman–Crippen MR) is 69.7 cm³/mol. The maximum absolute atomic E-state index is 12.1. The topological polar surface area (TPSA) is 105 Å². The number of primary amides is 1. The number of imide groups is 1. The van der Waals surface area contributed by atoms with Crippen molar-refractivity contribution in [3.05, 3.63) is 0 Å². The molecule has 8 heteroatoms. The molecule has 112 valence electrons. The highest BCUT2D eigenvalue weighted by atomic mass is 16.6. The van der Waals surface area contributed by atoms with E-state index in [0.29, 0.717) is 0 Å². The van der Waals surface area contributed by atoms with Crippen LogP contribution >= 0.6 is 0 Å². The van der Waals surface area contributed by atoms with Crippen molar-refractivity contribution in [1.82, 2.24) is 15.1 Å². The molecule has 0 bridgehead atoms. The average molecular weight is 284 g/mol. The number of piperidine rings is 1. The Kier molecular flexibility index (Phi) is 4.91. The molecule has 3 amide bonds. The fraction of sp³-hybridized carbons (Fsp3) is 0.750. The first-order valence-corrected chi connectivity index (χ1v) is 6.78. The minimum atomic E-state index is -0.612. The van der Waals surface area contributed by atoms with Gasteiger partial charge in [0.05, 0.1) is 19.6 Å². The Hall–Kier alpha value is -1.67. The standard InChI is InChI=1S/C12H20N4O4/c13-10(17)7-15(9-1-3-14-4-2-9)8-11(18)16-5-6-20-12(16)19/h9,14H,1-8H2,(H2,13,17). The highest BCUT2D eigenvalue weighted by Crippen LogP contribution is 2.13. The number of hydrogen-bond donors (Lipinski definition) is 2. The van der Waals surface area contributed by atoms with E-state index >= 15 is 0 Å². The van der Waals surface area contributed by atoms with E-state index in [1.165, 1.54) is 0 Å². The number of hydrogen-bond acceptors (Lipinski definition) is 6. The van der Waals surface area contributed by atoms with Gasteiger partial charge in [0.1, 0.15) is 6.61 Å². The lowest BCUT2D eigenvalue weighted by Gasteiger charge is -2.33. The molecule has 2 fully saturated rings. The fourth-order valence-corrected chi connectivity index (χ4v) is 2.57. The van der Waals surface area contributed by atoms with Crippen LogP contribution in [0.1, 0.15) is 12.8 Å². The van der Waals surface area contributed by atoms with Crippen LogP contribution in [0.3, 0.4) is 0 Å². The first-order valence-electron chi connectivity index (χ1n) is 6.78. The normalized spacial score (nSPS) is 20.2. The third-order valence-corrected chi connectivity index (χ3v) is 3.58. The number of amides is 3. The van der Waals surface area contributed by atoms with E-state index in [0.717, 1.165) is 30.8 Å². The molecule has 0 aromatic heterocycles. The van der Waals surface area contributed by atoms with Gasteiger partial charge in [0.15, 0.2) is 0 Å². The van der Waals surface area contributed by atoms with Gasteiger partial charge in [0.25, 0.3) is 0 Å². The number of carbonyl (C=O) groups is 3. The molecule has 0 atom stereocenters. The van der Waals surface area contributed by atoms with Crippen molar-refractivity contribution in [3.8, 4) is 0 Å². The summed E-state index contributed by atoms with van der Waals surface area (Å²) in [6.45, 7) is 2.24. The highest BCUT2D eigenvalue weighted by Gasteiger charge is 2.31. The van der Waals surface area contributed by atoms with Crippen molar-refractivity contribution in [1.29, 1.82) is 0 Å². The highest BCUT2D eigenvalue weighted by molar-refractivity contribution is 5.94. The van der Waals surface area contributed by atoms with E-state index in [1.807, 2.05) is 0 Å². The van der Waals surface area contributed by atoms with Crippen LogP contribution < -0.4 is 11.1 Å². The summed E-state index contributed by atoms with van der Waals surface area (Å²) in [5, 5.41) is 3.23. The Bertz CT molecular complexity index is 395. The number of nitrogens with zero attached hydrogens (tertiary/aromatic N) is 2. The van der Waals surface area contributed by atoms with Crippen molar-refractivity contribution in [2.24, 2.45) is 5.73 Å². The summed E-state index contributed by atoms with van der Waals surface area (Å²) in [4.78, 5) is 37.5. The maximum Gasteiger partial charge on any atom is 0.416 e. The zero-order valence-electron chi connectivity index (χ0n) is 11.3. The van der Waals surface area contributed by atoms with Crippen molar-refractivity contribution in [3.63, 3.8) is 0 Å². The largest absolute Gasteiger partial charge is 0.447 e. The zero-order valence-corrected chi connectivity index (χ0v) is 11.3. The van der Waals surface area contributed by atoms with Crippen LogP contribution in [-0.4, -0.2) is 73.1 Å². The van der Waals surface area contributed by atoms with Crippen molar-refractivity contribution in [2.75, 3.05) is 39.3 Å². The first kappa shape index (κ1) is 14.7. The lowest BCUT2D eigenvalue weighted by atomic mass is 10.0. The second-order valence-electron chi connectivity index (χ2n) is 5.01. The smallest absolute Gasteiger partial charge is 0.416 e. The van der Waals surface area contributed by atoms with E-state index in [4.69, 9.17) is 10.5 Å². The van der Waals surface area contributed by atoms with Crippen molar-refractivity contribution in [2.45, 2.75) is 18.9 Å². The Morgan fingerprint density at radius 2 is 2.05 bits per heavy atom. The summed E-state index contributed by atoms with van der Waals surface area (Å²) < 4.78 is 4.74. The summed E-state index contributed by atoms with van der Waals surface area (Å²) in [7, 11) is 0. The number of carbonyl (C=O) groups excluding carboxylic acids is 3. The van der Waals surface area contributed by atoms with Gasteiger partial charge in [0, 0.05) is 6.04 Å². The molecule has 2 heterocycles. The van der Waals surface area contributed by atoms with Gasteiger partial charge < -0.3 is 15.8 Å². The molecule has 8 nitrogen and oxygen atoms in total. The third-order valence-electron chi connectivity index (χ3n) is 3.58. The van der Waals surface area contributed by atoms with Crippen LogP contribution in [0.5, 0.6) is 0 Å². The summed E-state index contributed by atoms with van der Waals surface area (Å²) >= 11 is 0. The average Bonchev–Trinajstić information content (AvgIpc) is 2.85. The molecule has 0 spiro atoms. The van der Waals surface area contributed by atoms with Crippen LogP contribution in [-0.2, 0) is 14.3 Å². The van der Waals surface area contributed by atoms with Gasteiger partial charge in [-0.15, -0.1) is 0 Å². The van der Waals surface area contributed by atoms with Gasteiger partial charge in [-0.3, -0.25) is 14.5 Å². The predicted octanol–water partition coefficient (Wildman–Crippen LogP) is -1.50. The zero-order chi connectivity index (χ0) is 14.5. The number of nitrogens with one attached hydrogen (secondary N) is 1. The van der Waals surface area contributed by atoms with E-state index in [1.54, 1.807) is 4.90 Å². The van der Waals surface area contributed by atoms with Gasteiger partial charge in [-0.05, 0) is 25.9 Å². The third kappa shape index (κ3) is 3.67. The minimum absolute atomic E-state index is 0.0166. The van der Waals surface area contributed by atoms with Gasteiger partial charge in [0.2, 0.25) is 11.8 Å².